The summed E-state index contributed by atoms with van der Waals surface area (Å²) in [5.74, 6) is -1.76. The van der Waals surface area contributed by atoms with Crippen LogP contribution >= 0.6 is 0 Å². The third kappa shape index (κ3) is 6.74. The van der Waals surface area contributed by atoms with Gasteiger partial charge in [-0.25, -0.2) is 15.0 Å². The molecule has 0 bridgehead atoms. The summed E-state index contributed by atoms with van der Waals surface area (Å²) in [5.41, 5.74) is 3.67. The van der Waals surface area contributed by atoms with Crippen LogP contribution in [-0.4, -0.2) is 29.2 Å². The Bertz CT molecular complexity index is 1410. The topological polar surface area (TPSA) is 114 Å². The number of hydrogen-bond donors (Lipinski definition) is 2. The van der Waals surface area contributed by atoms with Gasteiger partial charge in [0.25, 0.3) is 5.91 Å². The van der Waals surface area contributed by atoms with Gasteiger partial charge in [-0.3, -0.25) is 4.79 Å². The smallest absolute Gasteiger partial charge is 0.343 e. The fourth-order valence-electron chi connectivity index (χ4n) is 3.26. The van der Waals surface area contributed by atoms with E-state index in [1.54, 1.807) is 91.0 Å². The molecule has 2 N–H and O–H groups in total. The van der Waals surface area contributed by atoms with Crippen LogP contribution in [0.25, 0.3) is 0 Å². The molecule has 0 aliphatic heterocycles. The quantitative estimate of drug-likeness (QED) is 0.163. The lowest BCUT2D eigenvalue weighted by atomic mass is 10.1. The Morgan fingerprint density at radius 1 is 0.730 bits per heavy atom. The van der Waals surface area contributed by atoms with E-state index < -0.39 is 23.9 Å². The standard InChI is InChI=1S/C29H22N2O6/c32-26(20-10-4-1-5-11-20)27(33)31-30-19-23-16-17-24(36-28(34)21-12-6-2-7-13-21)18-25(23)37-29(35)22-14-8-3-9-15-22/h1-19,26,32H,(H,31,33)/b30-19-/t26-/m1/s1. The van der Waals surface area contributed by atoms with Crippen LogP contribution < -0.4 is 14.9 Å². The van der Waals surface area contributed by atoms with Gasteiger partial charge in [-0.2, -0.15) is 5.10 Å². The second-order valence-corrected chi connectivity index (χ2v) is 7.76. The highest BCUT2D eigenvalue weighted by Crippen LogP contribution is 2.26. The van der Waals surface area contributed by atoms with Crippen molar-refractivity contribution in [3.8, 4) is 11.5 Å². The lowest BCUT2D eigenvalue weighted by molar-refractivity contribution is -0.129. The number of nitrogens with zero attached hydrogens (tertiary/aromatic N) is 1. The highest BCUT2D eigenvalue weighted by Gasteiger charge is 2.17. The van der Waals surface area contributed by atoms with Gasteiger partial charge in [0.2, 0.25) is 0 Å². The molecule has 4 aromatic carbocycles. The first-order valence-electron chi connectivity index (χ1n) is 11.3. The molecular weight excluding hydrogens is 472 g/mol. The summed E-state index contributed by atoms with van der Waals surface area (Å²) >= 11 is 0. The average molecular weight is 495 g/mol. The fraction of sp³-hybridized carbons (Fsp3) is 0.0345. The zero-order chi connectivity index (χ0) is 26.0. The highest BCUT2D eigenvalue weighted by atomic mass is 16.5. The average Bonchev–Trinajstić information content (AvgIpc) is 2.95. The number of ether oxygens (including phenoxy) is 2. The Labute approximate surface area is 212 Å². The van der Waals surface area contributed by atoms with Gasteiger partial charge in [0.05, 0.1) is 17.3 Å². The molecule has 0 saturated carbocycles. The molecule has 37 heavy (non-hydrogen) atoms. The molecule has 0 aliphatic rings. The second kappa shape index (κ2) is 12.1. The molecule has 4 rings (SSSR count). The van der Waals surface area contributed by atoms with E-state index in [1.807, 2.05) is 0 Å². The van der Waals surface area contributed by atoms with Crippen LogP contribution in [0.3, 0.4) is 0 Å². The number of hydrazone groups is 1. The van der Waals surface area contributed by atoms with Crippen LogP contribution in [0.15, 0.2) is 114 Å². The van der Waals surface area contributed by atoms with Crippen molar-refractivity contribution >= 4 is 24.1 Å². The first-order valence-corrected chi connectivity index (χ1v) is 11.3. The van der Waals surface area contributed by atoms with E-state index in [0.717, 1.165) is 0 Å². The Morgan fingerprint density at radius 2 is 1.27 bits per heavy atom. The number of aliphatic hydroxyl groups is 1. The van der Waals surface area contributed by atoms with Gasteiger partial charge in [0.15, 0.2) is 6.10 Å². The van der Waals surface area contributed by atoms with Gasteiger partial charge in [-0.15, -0.1) is 0 Å². The van der Waals surface area contributed by atoms with Crippen molar-refractivity contribution < 1.29 is 29.0 Å². The lowest BCUT2D eigenvalue weighted by Crippen LogP contribution is -2.25. The van der Waals surface area contributed by atoms with Crippen molar-refractivity contribution in [1.82, 2.24) is 5.43 Å². The Balaban J connectivity index is 1.53. The van der Waals surface area contributed by atoms with Crippen LogP contribution in [0.5, 0.6) is 11.5 Å². The third-order valence-corrected chi connectivity index (χ3v) is 5.16. The minimum atomic E-state index is -1.41. The number of aliphatic hydroxyl groups excluding tert-OH is 1. The predicted octanol–water partition coefficient (Wildman–Crippen LogP) is 4.31. The van der Waals surface area contributed by atoms with Crippen molar-refractivity contribution in [3.63, 3.8) is 0 Å². The summed E-state index contributed by atoms with van der Waals surface area (Å²) in [6.07, 6.45) is -0.153. The van der Waals surface area contributed by atoms with Crippen molar-refractivity contribution in [2.24, 2.45) is 5.10 Å². The molecule has 1 amide bonds. The normalized spacial score (nSPS) is 11.5. The van der Waals surface area contributed by atoms with E-state index in [9.17, 15) is 19.5 Å². The summed E-state index contributed by atoms with van der Waals surface area (Å²) in [5, 5.41) is 14.1. The van der Waals surface area contributed by atoms with Crippen LogP contribution in [0.1, 0.15) is 37.9 Å². The summed E-state index contributed by atoms with van der Waals surface area (Å²) in [7, 11) is 0. The molecule has 0 aromatic heterocycles. The second-order valence-electron chi connectivity index (χ2n) is 7.76. The number of esters is 2. The predicted molar refractivity (Wildman–Crippen MR) is 136 cm³/mol. The van der Waals surface area contributed by atoms with E-state index in [0.29, 0.717) is 22.3 Å². The van der Waals surface area contributed by atoms with Gasteiger partial charge < -0.3 is 14.6 Å². The van der Waals surface area contributed by atoms with Gasteiger partial charge in [-0.05, 0) is 42.0 Å². The third-order valence-electron chi connectivity index (χ3n) is 5.16. The lowest BCUT2D eigenvalue weighted by Gasteiger charge is -2.11. The van der Waals surface area contributed by atoms with Crippen molar-refractivity contribution in [2.45, 2.75) is 6.10 Å². The Hall–Kier alpha value is -5.08. The highest BCUT2D eigenvalue weighted by molar-refractivity contribution is 5.94. The van der Waals surface area contributed by atoms with Gasteiger partial charge in [0.1, 0.15) is 11.5 Å². The van der Waals surface area contributed by atoms with Crippen molar-refractivity contribution in [2.75, 3.05) is 0 Å². The molecule has 0 fully saturated rings. The summed E-state index contributed by atoms with van der Waals surface area (Å²) in [6, 6.07) is 29.6. The van der Waals surface area contributed by atoms with Crippen molar-refractivity contribution in [1.29, 1.82) is 0 Å². The fourth-order valence-corrected chi connectivity index (χ4v) is 3.26. The first kappa shape index (κ1) is 25.0. The molecule has 0 radical (unpaired) electrons. The molecule has 0 aliphatic carbocycles. The summed E-state index contributed by atoms with van der Waals surface area (Å²) in [4.78, 5) is 37.4. The summed E-state index contributed by atoms with van der Waals surface area (Å²) < 4.78 is 11.0. The number of carbonyl (C=O) groups excluding carboxylic acids is 3. The molecule has 8 nitrogen and oxygen atoms in total. The number of hydrogen-bond acceptors (Lipinski definition) is 7. The minimum absolute atomic E-state index is 0.0498. The molecule has 0 heterocycles. The summed E-state index contributed by atoms with van der Waals surface area (Å²) in [6.45, 7) is 0. The molecule has 0 spiro atoms. The van der Waals surface area contributed by atoms with E-state index >= 15 is 0 Å². The van der Waals surface area contributed by atoms with Crippen LogP contribution in [0.4, 0.5) is 0 Å². The van der Waals surface area contributed by atoms with E-state index in [2.05, 4.69) is 10.5 Å². The molecule has 8 heteroatoms. The number of nitrogens with one attached hydrogen (secondary N) is 1. The number of amides is 1. The minimum Gasteiger partial charge on any atom is -0.423 e. The molecule has 1 atom stereocenters. The maximum atomic E-state index is 12.7. The molecular formula is C29H22N2O6. The van der Waals surface area contributed by atoms with E-state index in [4.69, 9.17) is 9.47 Å². The van der Waals surface area contributed by atoms with Crippen LogP contribution in [-0.2, 0) is 4.79 Å². The molecule has 0 saturated heterocycles. The van der Waals surface area contributed by atoms with Crippen molar-refractivity contribution in [3.05, 3.63) is 131 Å². The number of benzene rings is 4. The number of rotatable bonds is 8. The first-order chi connectivity index (χ1) is 18.0. The molecule has 0 unspecified atom stereocenters. The van der Waals surface area contributed by atoms with E-state index in [1.165, 1.54) is 24.4 Å². The van der Waals surface area contributed by atoms with Gasteiger partial charge in [0, 0.05) is 11.6 Å². The van der Waals surface area contributed by atoms with Crippen LogP contribution in [0, 0.1) is 0 Å². The van der Waals surface area contributed by atoms with Gasteiger partial charge >= 0.3 is 11.9 Å². The van der Waals surface area contributed by atoms with E-state index in [-0.39, 0.29) is 11.5 Å². The SMILES string of the molecule is O=C(Oc1ccc(/C=N\NC(=O)[C@H](O)c2ccccc2)c(OC(=O)c2ccccc2)c1)c1ccccc1. The molecule has 184 valence electrons. The zero-order valence-corrected chi connectivity index (χ0v) is 19.5. The maximum Gasteiger partial charge on any atom is 0.343 e. The monoisotopic (exact) mass is 494 g/mol. The Morgan fingerprint density at radius 3 is 1.86 bits per heavy atom. The number of carbonyl (C=O) groups is 3. The van der Waals surface area contributed by atoms with Gasteiger partial charge in [-0.1, -0.05) is 66.7 Å². The maximum absolute atomic E-state index is 12.7. The largest absolute Gasteiger partial charge is 0.423 e. The van der Waals surface area contributed by atoms with Crippen LogP contribution in [0.2, 0.25) is 0 Å². The zero-order valence-electron chi connectivity index (χ0n) is 19.5. The molecule has 4 aromatic rings. The Kier molecular flexibility index (Phi) is 8.15.